The summed E-state index contributed by atoms with van der Waals surface area (Å²) in [7, 11) is 1.68. The second-order valence-electron chi connectivity index (χ2n) is 6.15. The molecular weight excluding hydrogens is 278 g/mol. The van der Waals surface area contributed by atoms with Crippen molar-refractivity contribution in [2.45, 2.75) is 51.7 Å². The number of benzene rings is 1. The Balaban J connectivity index is 1.82. The fourth-order valence-electron chi connectivity index (χ4n) is 3.02. The second-order valence-corrected chi connectivity index (χ2v) is 6.15. The Bertz CT molecular complexity index is 450. The van der Waals surface area contributed by atoms with Crippen LogP contribution in [0.1, 0.15) is 44.6 Å². The van der Waals surface area contributed by atoms with Crippen molar-refractivity contribution in [2.75, 3.05) is 20.3 Å². The van der Waals surface area contributed by atoms with E-state index in [9.17, 15) is 5.11 Å². The van der Waals surface area contributed by atoms with Crippen molar-refractivity contribution < 1.29 is 14.6 Å². The zero-order valence-electron chi connectivity index (χ0n) is 13.8. The van der Waals surface area contributed by atoms with E-state index in [2.05, 4.69) is 18.3 Å². The molecule has 1 aromatic rings. The van der Waals surface area contributed by atoms with Crippen molar-refractivity contribution in [3.63, 3.8) is 0 Å². The monoisotopic (exact) mass is 307 g/mol. The summed E-state index contributed by atoms with van der Waals surface area (Å²) < 4.78 is 11.1. The van der Waals surface area contributed by atoms with E-state index in [0.29, 0.717) is 12.5 Å². The quantitative estimate of drug-likeness (QED) is 0.775. The fourth-order valence-corrected chi connectivity index (χ4v) is 3.02. The molecule has 1 aliphatic carbocycles. The highest BCUT2D eigenvalue weighted by Gasteiger charge is 2.19. The summed E-state index contributed by atoms with van der Waals surface area (Å²) in [6.45, 7) is 4.58. The smallest absolute Gasteiger partial charge is 0.161 e. The van der Waals surface area contributed by atoms with Crippen molar-refractivity contribution in [1.29, 1.82) is 0 Å². The van der Waals surface area contributed by atoms with E-state index in [1.54, 1.807) is 7.11 Å². The van der Waals surface area contributed by atoms with Crippen molar-refractivity contribution in [1.82, 2.24) is 5.32 Å². The normalized spacial score (nSPS) is 21.6. The lowest BCUT2D eigenvalue weighted by atomic mass is 9.87. The van der Waals surface area contributed by atoms with E-state index in [-0.39, 0.29) is 6.10 Å². The minimum absolute atomic E-state index is 0.101. The van der Waals surface area contributed by atoms with Gasteiger partial charge in [0.1, 0.15) is 0 Å². The highest BCUT2D eigenvalue weighted by atomic mass is 16.5. The molecule has 0 amide bonds. The summed E-state index contributed by atoms with van der Waals surface area (Å²) in [5.41, 5.74) is 1.19. The standard InChI is InChI=1S/C18H29NO3/c1-3-9-22-17-8-7-15(11-18(17)21-2)13-19-12-14-5-4-6-16(20)10-14/h7-8,11,14,16,19-20H,3-6,9-10,12-13H2,1-2H3. The molecule has 0 bridgehead atoms. The summed E-state index contributed by atoms with van der Waals surface area (Å²) >= 11 is 0. The molecule has 4 heteroatoms. The predicted molar refractivity (Wildman–Crippen MR) is 88.5 cm³/mol. The van der Waals surface area contributed by atoms with Gasteiger partial charge in [0.15, 0.2) is 11.5 Å². The number of aliphatic hydroxyl groups excluding tert-OH is 1. The molecule has 0 saturated heterocycles. The Morgan fingerprint density at radius 3 is 2.86 bits per heavy atom. The maximum Gasteiger partial charge on any atom is 0.161 e. The molecule has 22 heavy (non-hydrogen) atoms. The summed E-state index contributed by atoms with van der Waals surface area (Å²) in [5.74, 6) is 2.20. The van der Waals surface area contributed by atoms with E-state index in [1.165, 1.54) is 12.0 Å². The van der Waals surface area contributed by atoms with E-state index < -0.39 is 0 Å². The summed E-state index contributed by atoms with van der Waals surface area (Å²) in [6.07, 6.45) is 5.14. The van der Waals surface area contributed by atoms with Gasteiger partial charge in [0.05, 0.1) is 19.8 Å². The van der Waals surface area contributed by atoms with Gasteiger partial charge in [-0.25, -0.2) is 0 Å². The third kappa shape index (κ3) is 5.18. The third-order valence-electron chi connectivity index (χ3n) is 4.21. The SMILES string of the molecule is CCCOc1ccc(CNCC2CCCC(O)C2)cc1OC. The second kappa shape index (κ2) is 9.01. The van der Waals surface area contributed by atoms with Gasteiger partial charge in [-0.1, -0.05) is 19.4 Å². The highest BCUT2D eigenvalue weighted by molar-refractivity contribution is 5.42. The van der Waals surface area contributed by atoms with Crippen LogP contribution >= 0.6 is 0 Å². The molecule has 0 aromatic heterocycles. The van der Waals surface area contributed by atoms with Crippen LogP contribution in [-0.2, 0) is 6.54 Å². The van der Waals surface area contributed by atoms with Gasteiger partial charge in [-0.05, 0) is 55.8 Å². The van der Waals surface area contributed by atoms with Crippen LogP contribution in [0.15, 0.2) is 18.2 Å². The largest absolute Gasteiger partial charge is 0.493 e. The number of methoxy groups -OCH3 is 1. The summed E-state index contributed by atoms with van der Waals surface area (Å²) in [5, 5.41) is 13.2. The fraction of sp³-hybridized carbons (Fsp3) is 0.667. The van der Waals surface area contributed by atoms with Gasteiger partial charge in [-0.15, -0.1) is 0 Å². The molecule has 0 spiro atoms. The van der Waals surface area contributed by atoms with Crippen LogP contribution in [0.5, 0.6) is 11.5 Å². The molecule has 0 aliphatic heterocycles. The molecule has 0 radical (unpaired) electrons. The first kappa shape index (κ1) is 17.1. The van der Waals surface area contributed by atoms with Crippen molar-refractivity contribution >= 4 is 0 Å². The Morgan fingerprint density at radius 1 is 1.27 bits per heavy atom. The van der Waals surface area contributed by atoms with Gasteiger partial charge in [0.25, 0.3) is 0 Å². The Labute approximate surface area is 133 Å². The zero-order chi connectivity index (χ0) is 15.8. The van der Waals surface area contributed by atoms with Gasteiger partial charge in [-0.2, -0.15) is 0 Å². The third-order valence-corrected chi connectivity index (χ3v) is 4.21. The lowest BCUT2D eigenvalue weighted by molar-refractivity contribution is 0.101. The molecule has 124 valence electrons. The Kier molecular flexibility index (Phi) is 7.00. The van der Waals surface area contributed by atoms with Crippen molar-refractivity contribution in [3.05, 3.63) is 23.8 Å². The molecule has 1 aliphatic rings. The van der Waals surface area contributed by atoms with Crippen LogP contribution in [-0.4, -0.2) is 31.5 Å². The van der Waals surface area contributed by atoms with Gasteiger partial charge in [0, 0.05) is 6.54 Å². The van der Waals surface area contributed by atoms with E-state index in [0.717, 1.165) is 50.3 Å². The molecule has 2 atom stereocenters. The molecule has 4 nitrogen and oxygen atoms in total. The van der Waals surface area contributed by atoms with E-state index in [1.807, 2.05) is 12.1 Å². The maximum atomic E-state index is 9.71. The molecule has 2 rings (SSSR count). The van der Waals surface area contributed by atoms with Crippen LogP contribution in [0.25, 0.3) is 0 Å². The van der Waals surface area contributed by atoms with Crippen LogP contribution in [0.2, 0.25) is 0 Å². The molecule has 0 heterocycles. The van der Waals surface area contributed by atoms with Gasteiger partial charge in [-0.3, -0.25) is 0 Å². The first-order valence-corrected chi connectivity index (χ1v) is 8.41. The number of ether oxygens (including phenoxy) is 2. The minimum atomic E-state index is -0.101. The summed E-state index contributed by atoms with van der Waals surface area (Å²) in [4.78, 5) is 0. The lowest BCUT2D eigenvalue weighted by Gasteiger charge is -2.26. The topological polar surface area (TPSA) is 50.7 Å². The first-order chi connectivity index (χ1) is 10.7. The number of hydrogen-bond donors (Lipinski definition) is 2. The van der Waals surface area contributed by atoms with Crippen molar-refractivity contribution in [2.24, 2.45) is 5.92 Å². The molecular formula is C18H29NO3. The average molecular weight is 307 g/mol. The average Bonchev–Trinajstić information content (AvgIpc) is 2.53. The van der Waals surface area contributed by atoms with Crippen LogP contribution in [0, 0.1) is 5.92 Å². The van der Waals surface area contributed by atoms with E-state index >= 15 is 0 Å². The number of nitrogens with one attached hydrogen (secondary N) is 1. The number of rotatable bonds is 8. The highest BCUT2D eigenvalue weighted by Crippen LogP contribution is 2.28. The minimum Gasteiger partial charge on any atom is -0.493 e. The zero-order valence-corrected chi connectivity index (χ0v) is 13.8. The first-order valence-electron chi connectivity index (χ1n) is 8.41. The maximum absolute atomic E-state index is 9.71. The Hall–Kier alpha value is -1.26. The van der Waals surface area contributed by atoms with Crippen molar-refractivity contribution in [3.8, 4) is 11.5 Å². The molecule has 1 aromatic carbocycles. The molecule has 2 unspecified atom stereocenters. The van der Waals surface area contributed by atoms with E-state index in [4.69, 9.17) is 9.47 Å². The Morgan fingerprint density at radius 2 is 2.14 bits per heavy atom. The predicted octanol–water partition coefficient (Wildman–Crippen LogP) is 3.12. The molecule has 1 saturated carbocycles. The van der Waals surface area contributed by atoms with Crippen LogP contribution in [0.4, 0.5) is 0 Å². The lowest BCUT2D eigenvalue weighted by Crippen LogP contribution is -2.28. The van der Waals surface area contributed by atoms with Gasteiger partial charge >= 0.3 is 0 Å². The summed E-state index contributed by atoms with van der Waals surface area (Å²) in [6, 6.07) is 6.10. The number of hydrogen-bond acceptors (Lipinski definition) is 4. The molecule has 2 N–H and O–H groups in total. The molecule has 1 fully saturated rings. The van der Waals surface area contributed by atoms with Gasteiger partial charge < -0.3 is 19.9 Å². The van der Waals surface area contributed by atoms with Gasteiger partial charge in [0.2, 0.25) is 0 Å². The van der Waals surface area contributed by atoms with Crippen LogP contribution in [0.3, 0.4) is 0 Å². The van der Waals surface area contributed by atoms with Crippen LogP contribution < -0.4 is 14.8 Å². The number of aliphatic hydroxyl groups is 1.